The Morgan fingerprint density at radius 3 is 2.79 bits per heavy atom. The summed E-state index contributed by atoms with van der Waals surface area (Å²) in [5, 5.41) is 16.0. The predicted octanol–water partition coefficient (Wildman–Crippen LogP) is 0.371. The molecule has 1 amide bonds. The second-order valence-electron chi connectivity index (χ2n) is 8.01. The first-order chi connectivity index (χ1) is 13.3. The number of hydrogen-bond donors (Lipinski definition) is 2. The molecule has 1 saturated heterocycles. The molecule has 0 aliphatic carbocycles. The van der Waals surface area contributed by atoms with E-state index in [9.17, 15) is 9.59 Å². The molecule has 4 rings (SSSR count). The maximum atomic E-state index is 12.1. The molecule has 3 aromatic rings. The molecule has 28 heavy (non-hydrogen) atoms. The SMILES string of the molecule is CC(C)(C)c1nnc2ccc(N3CC(CNC(=O)c4cc(=O)[nH]cn4)C3)nn12. The van der Waals surface area contributed by atoms with Crippen LogP contribution in [0.1, 0.15) is 37.1 Å². The van der Waals surface area contributed by atoms with Crippen LogP contribution in [0.5, 0.6) is 0 Å². The van der Waals surface area contributed by atoms with Crippen molar-refractivity contribution in [2.45, 2.75) is 26.2 Å². The lowest BCUT2D eigenvalue weighted by molar-refractivity contribution is 0.0939. The first-order valence-corrected chi connectivity index (χ1v) is 9.12. The summed E-state index contributed by atoms with van der Waals surface area (Å²) < 4.78 is 1.79. The summed E-state index contributed by atoms with van der Waals surface area (Å²) in [6, 6.07) is 5.04. The van der Waals surface area contributed by atoms with Crippen LogP contribution >= 0.6 is 0 Å². The van der Waals surface area contributed by atoms with Gasteiger partial charge in [0.25, 0.3) is 11.5 Å². The van der Waals surface area contributed by atoms with E-state index in [1.54, 1.807) is 4.52 Å². The van der Waals surface area contributed by atoms with Crippen molar-refractivity contribution in [2.75, 3.05) is 24.5 Å². The van der Waals surface area contributed by atoms with Crippen LogP contribution < -0.4 is 15.8 Å². The van der Waals surface area contributed by atoms with Crippen LogP contribution in [0.25, 0.3) is 5.65 Å². The summed E-state index contributed by atoms with van der Waals surface area (Å²) in [5.41, 5.74) is 0.345. The van der Waals surface area contributed by atoms with Crippen molar-refractivity contribution in [3.05, 3.63) is 46.4 Å². The van der Waals surface area contributed by atoms with Gasteiger partial charge >= 0.3 is 0 Å². The molecule has 3 aromatic heterocycles. The van der Waals surface area contributed by atoms with Crippen LogP contribution in [-0.4, -0.2) is 55.3 Å². The molecule has 1 aliphatic rings. The van der Waals surface area contributed by atoms with Crippen molar-refractivity contribution in [1.29, 1.82) is 0 Å². The molecular weight excluding hydrogens is 360 g/mol. The molecule has 146 valence electrons. The highest BCUT2D eigenvalue weighted by atomic mass is 16.2. The molecule has 10 heteroatoms. The Morgan fingerprint density at radius 2 is 2.07 bits per heavy atom. The molecule has 0 radical (unpaired) electrons. The molecule has 1 fully saturated rings. The highest BCUT2D eigenvalue weighted by Crippen LogP contribution is 2.25. The number of fused-ring (bicyclic) bond motifs is 1. The minimum Gasteiger partial charge on any atom is -0.354 e. The summed E-state index contributed by atoms with van der Waals surface area (Å²) in [6.45, 7) is 8.33. The average molecular weight is 382 g/mol. The normalized spacial score (nSPS) is 14.9. The number of nitrogens with one attached hydrogen (secondary N) is 2. The first kappa shape index (κ1) is 18.1. The predicted molar refractivity (Wildman–Crippen MR) is 102 cm³/mol. The first-order valence-electron chi connectivity index (χ1n) is 9.12. The van der Waals surface area contributed by atoms with Crippen molar-refractivity contribution in [3.8, 4) is 0 Å². The van der Waals surface area contributed by atoms with Crippen LogP contribution in [0.4, 0.5) is 5.82 Å². The number of carbonyl (C=O) groups is 1. The van der Waals surface area contributed by atoms with Crippen molar-refractivity contribution >= 4 is 17.4 Å². The lowest BCUT2D eigenvalue weighted by Crippen LogP contribution is -2.52. The van der Waals surface area contributed by atoms with Gasteiger partial charge in [-0.25, -0.2) is 4.98 Å². The zero-order chi connectivity index (χ0) is 19.9. The van der Waals surface area contributed by atoms with E-state index in [1.807, 2.05) is 12.1 Å². The van der Waals surface area contributed by atoms with Gasteiger partial charge in [-0.2, -0.15) is 4.52 Å². The van der Waals surface area contributed by atoms with Crippen LogP contribution in [0.2, 0.25) is 0 Å². The fraction of sp³-hybridized carbons (Fsp3) is 0.444. The molecule has 0 atom stereocenters. The Labute approximate surface area is 161 Å². The van der Waals surface area contributed by atoms with Gasteiger partial charge in [0.15, 0.2) is 11.5 Å². The number of amides is 1. The summed E-state index contributed by atoms with van der Waals surface area (Å²) in [7, 11) is 0. The zero-order valence-electron chi connectivity index (χ0n) is 16.0. The molecule has 2 N–H and O–H groups in total. The number of H-pyrrole nitrogens is 1. The van der Waals surface area contributed by atoms with Gasteiger partial charge in [-0.3, -0.25) is 9.59 Å². The Kier molecular flexibility index (Phi) is 4.33. The summed E-state index contributed by atoms with van der Waals surface area (Å²) in [6.07, 6.45) is 1.22. The van der Waals surface area contributed by atoms with Crippen LogP contribution in [-0.2, 0) is 5.41 Å². The van der Waals surface area contributed by atoms with E-state index in [1.165, 1.54) is 12.4 Å². The van der Waals surface area contributed by atoms with Crippen molar-refractivity contribution in [2.24, 2.45) is 5.92 Å². The zero-order valence-corrected chi connectivity index (χ0v) is 16.0. The second-order valence-corrected chi connectivity index (χ2v) is 8.01. The minimum absolute atomic E-state index is 0.120. The molecule has 0 spiro atoms. The average Bonchev–Trinajstić information content (AvgIpc) is 3.03. The third-order valence-electron chi connectivity index (χ3n) is 4.66. The highest BCUT2D eigenvalue weighted by Gasteiger charge is 2.29. The number of rotatable bonds is 4. The van der Waals surface area contributed by atoms with Gasteiger partial charge in [0.1, 0.15) is 11.5 Å². The van der Waals surface area contributed by atoms with Crippen LogP contribution in [0.3, 0.4) is 0 Å². The highest BCUT2D eigenvalue weighted by molar-refractivity contribution is 5.92. The van der Waals surface area contributed by atoms with E-state index < -0.39 is 0 Å². The molecule has 0 aromatic carbocycles. The van der Waals surface area contributed by atoms with Crippen LogP contribution in [0, 0.1) is 5.92 Å². The lowest BCUT2D eigenvalue weighted by Gasteiger charge is -2.40. The quantitative estimate of drug-likeness (QED) is 0.669. The molecule has 10 nitrogen and oxygen atoms in total. The van der Waals surface area contributed by atoms with Crippen molar-refractivity contribution in [3.63, 3.8) is 0 Å². The smallest absolute Gasteiger partial charge is 0.270 e. The monoisotopic (exact) mass is 382 g/mol. The van der Waals surface area contributed by atoms with Gasteiger partial charge in [0.05, 0.1) is 6.33 Å². The molecule has 1 aliphatic heterocycles. The molecule has 0 unspecified atom stereocenters. The van der Waals surface area contributed by atoms with Gasteiger partial charge in [0.2, 0.25) is 0 Å². The van der Waals surface area contributed by atoms with Gasteiger partial charge in [0, 0.05) is 37.0 Å². The molecule has 4 heterocycles. The van der Waals surface area contributed by atoms with Crippen molar-refractivity contribution in [1.82, 2.24) is 35.1 Å². The Morgan fingerprint density at radius 1 is 1.29 bits per heavy atom. The van der Waals surface area contributed by atoms with E-state index in [0.717, 1.165) is 30.4 Å². The van der Waals surface area contributed by atoms with Gasteiger partial charge in [-0.15, -0.1) is 15.3 Å². The summed E-state index contributed by atoms with van der Waals surface area (Å²) in [4.78, 5) is 31.7. The fourth-order valence-electron chi connectivity index (χ4n) is 3.12. The van der Waals surface area contributed by atoms with Crippen LogP contribution in [0.15, 0.2) is 29.3 Å². The number of anilines is 1. The second kappa shape index (κ2) is 6.70. The number of nitrogens with zero attached hydrogens (tertiary/aromatic N) is 6. The van der Waals surface area contributed by atoms with E-state index in [0.29, 0.717) is 12.5 Å². The standard InChI is InChI=1S/C18H22N8O2/c1-18(2,3)17-23-22-13-4-5-14(24-26(13)17)25-8-11(9-25)7-19-16(28)12-6-15(27)21-10-20-12/h4-6,10-11H,7-9H2,1-3H3,(H,19,28)(H,20,21,27). The van der Waals surface area contributed by atoms with E-state index in [4.69, 9.17) is 5.10 Å². The Balaban J connectivity index is 1.37. The van der Waals surface area contributed by atoms with E-state index in [-0.39, 0.29) is 22.6 Å². The molecule has 0 bridgehead atoms. The Bertz CT molecular complexity index is 1070. The largest absolute Gasteiger partial charge is 0.354 e. The minimum atomic E-state index is -0.347. The van der Waals surface area contributed by atoms with Gasteiger partial charge < -0.3 is 15.2 Å². The van der Waals surface area contributed by atoms with Gasteiger partial charge in [-0.05, 0) is 12.1 Å². The van der Waals surface area contributed by atoms with E-state index >= 15 is 0 Å². The molecular formula is C18H22N8O2. The maximum Gasteiger partial charge on any atom is 0.270 e. The fourth-order valence-corrected chi connectivity index (χ4v) is 3.12. The number of carbonyl (C=O) groups excluding carboxylic acids is 1. The Hall–Kier alpha value is -3.30. The number of hydrogen-bond acceptors (Lipinski definition) is 7. The van der Waals surface area contributed by atoms with Crippen molar-refractivity contribution < 1.29 is 4.79 Å². The van der Waals surface area contributed by atoms with E-state index in [2.05, 4.69) is 51.2 Å². The number of aromatic amines is 1. The maximum absolute atomic E-state index is 12.1. The lowest BCUT2D eigenvalue weighted by atomic mass is 9.96. The van der Waals surface area contributed by atoms with Gasteiger partial charge in [-0.1, -0.05) is 20.8 Å². The third-order valence-corrected chi connectivity index (χ3v) is 4.66. The number of aromatic nitrogens is 6. The molecule has 0 saturated carbocycles. The summed E-state index contributed by atoms with van der Waals surface area (Å²) in [5.74, 6) is 1.64. The summed E-state index contributed by atoms with van der Waals surface area (Å²) >= 11 is 0. The topological polar surface area (TPSA) is 121 Å². The third kappa shape index (κ3) is 3.45.